The molecule has 37 heavy (non-hydrogen) atoms. The molecule has 1 N–H and O–H groups in total. The first kappa shape index (κ1) is 32.5. The summed E-state index contributed by atoms with van der Waals surface area (Å²) in [5.41, 5.74) is 1.50. The topological polar surface area (TPSA) is 88.8 Å². The fourth-order valence-corrected chi connectivity index (χ4v) is 4.01. The molecule has 0 radical (unpaired) electrons. The van der Waals surface area contributed by atoms with Gasteiger partial charge in [-0.15, -0.1) is 11.6 Å². The lowest BCUT2D eigenvalue weighted by Crippen LogP contribution is -2.38. The van der Waals surface area contributed by atoms with Gasteiger partial charge in [0.25, 0.3) is 12.6 Å². The number of carbonyl (C=O) groups is 3. The van der Waals surface area contributed by atoms with Crippen LogP contribution in [0, 0.1) is 0 Å². The van der Waals surface area contributed by atoms with Gasteiger partial charge in [0.1, 0.15) is 24.6 Å². The number of nitrogens with zero attached hydrogens (tertiary/aromatic N) is 2. The molecule has 0 spiro atoms. The van der Waals surface area contributed by atoms with Crippen molar-refractivity contribution in [3.63, 3.8) is 0 Å². The van der Waals surface area contributed by atoms with Gasteiger partial charge in [-0.05, 0) is 44.5 Å². The summed E-state index contributed by atoms with van der Waals surface area (Å²) in [6.45, 7) is 2.72. The van der Waals surface area contributed by atoms with Crippen LogP contribution in [0.3, 0.4) is 0 Å². The number of aromatic nitrogens is 1. The van der Waals surface area contributed by atoms with Crippen LogP contribution >= 0.6 is 23.2 Å². The van der Waals surface area contributed by atoms with Crippen molar-refractivity contribution in [1.29, 1.82) is 0 Å². The normalized spacial score (nSPS) is 14.4. The highest BCUT2D eigenvalue weighted by Gasteiger charge is 2.25. The van der Waals surface area contributed by atoms with Gasteiger partial charge in [-0.25, -0.2) is 0 Å². The molecule has 1 saturated carbocycles. The summed E-state index contributed by atoms with van der Waals surface area (Å²) < 4.78 is 11.9. The molecule has 204 valence electrons. The van der Waals surface area contributed by atoms with Crippen molar-refractivity contribution < 1.29 is 28.4 Å². The number of hydrogen-bond donors (Lipinski definition) is 1. The zero-order valence-corrected chi connectivity index (χ0v) is 23.6. The van der Waals surface area contributed by atoms with Crippen molar-refractivity contribution in [2.45, 2.75) is 45.3 Å². The fraction of sp³-hybridized carbons (Fsp3) is 0.481. The maximum absolute atomic E-state index is 12.2. The number of likely N-dealkylation sites (N-methyl/N-ethyl adjacent to an activating group) is 1. The van der Waals surface area contributed by atoms with Crippen LogP contribution in [0.2, 0.25) is 5.02 Å². The lowest BCUT2D eigenvalue weighted by atomic mass is 9.83. The first-order valence-electron chi connectivity index (χ1n) is 12.1. The Hall–Kier alpha value is -2.52. The Balaban J connectivity index is 0.000000369. The molecule has 1 amide bonds. The first-order chi connectivity index (χ1) is 17.9. The van der Waals surface area contributed by atoms with E-state index >= 15 is 0 Å². The second-order valence-electron chi connectivity index (χ2n) is 8.19. The van der Waals surface area contributed by atoms with E-state index < -0.39 is 5.97 Å². The summed E-state index contributed by atoms with van der Waals surface area (Å²) in [6, 6.07) is 11.1. The van der Waals surface area contributed by atoms with E-state index in [1.807, 2.05) is 24.3 Å². The molecule has 1 aliphatic rings. The van der Waals surface area contributed by atoms with Crippen LogP contribution in [0.25, 0.3) is 0 Å². The van der Waals surface area contributed by atoms with Gasteiger partial charge in [0.2, 0.25) is 0 Å². The number of rotatable bonds is 9. The van der Waals surface area contributed by atoms with E-state index in [0.29, 0.717) is 31.4 Å². The number of hydrogen-bond acceptors (Lipinski definition) is 6. The number of pyridine rings is 1. The number of esters is 1. The number of alkyl halides is 1. The van der Waals surface area contributed by atoms with Gasteiger partial charge < -0.3 is 14.4 Å². The zero-order valence-electron chi connectivity index (χ0n) is 22.0. The van der Waals surface area contributed by atoms with Crippen molar-refractivity contribution in [3.05, 3.63) is 64.9 Å². The molecule has 8 nitrogen and oxygen atoms in total. The number of amides is 1. The molecule has 1 aromatic carbocycles. The third kappa shape index (κ3) is 11.6. The third-order valence-electron chi connectivity index (χ3n) is 5.45. The van der Waals surface area contributed by atoms with Crippen LogP contribution in [0.15, 0.2) is 48.8 Å². The molecule has 1 fully saturated rings. The standard InChI is InChI=1S/C14H22N3O4.C12H13ClO.CH3Cl/c1-4-21-13(18)9-16(3)14(19)12-6-5-7-17(8-12)11-20-10-15-2;13-11-7-3-1-5-9(11)10-6-2-4-8-12(10)14;1-2/h5-8,15H,4,9-11H2,1-3H3;1,3,5,7,10H,2,4,6,8H2;1H3/q+1;;. The van der Waals surface area contributed by atoms with Gasteiger partial charge in [-0.2, -0.15) is 4.57 Å². The molecule has 1 aliphatic carbocycles. The number of benzene rings is 1. The summed E-state index contributed by atoms with van der Waals surface area (Å²) >= 11 is 10.7. The highest BCUT2D eigenvalue weighted by atomic mass is 35.5. The number of ketones is 1. The van der Waals surface area contributed by atoms with Crippen molar-refractivity contribution in [2.75, 3.05) is 40.4 Å². The third-order valence-corrected chi connectivity index (χ3v) is 5.79. The fourth-order valence-electron chi connectivity index (χ4n) is 3.74. The summed E-state index contributed by atoms with van der Waals surface area (Å²) in [7, 11) is 3.35. The molecular weight excluding hydrogens is 517 g/mol. The Morgan fingerprint density at radius 1 is 1.16 bits per heavy atom. The number of nitrogens with one attached hydrogen (secondary N) is 1. The molecule has 3 rings (SSSR count). The molecule has 1 unspecified atom stereocenters. The maximum Gasteiger partial charge on any atom is 0.325 e. The molecule has 0 saturated heterocycles. The molecule has 1 heterocycles. The average Bonchev–Trinajstić information content (AvgIpc) is 2.91. The van der Waals surface area contributed by atoms with Crippen molar-refractivity contribution in [1.82, 2.24) is 10.2 Å². The van der Waals surface area contributed by atoms with Gasteiger partial charge in [-0.1, -0.05) is 36.2 Å². The van der Waals surface area contributed by atoms with Crippen molar-refractivity contribution in [3.8, 4) is 0 Å². The van der Waals surface area contributed by atoms with Crippen LogP contribution in [0.1, 0.15) is 54.4 Å². The Kier molecular flexibility index (Phi) is 16.4. The maximum atomic E-state index is 12.2. The predicted octanol–water partition coefficient (Wildman–Crippen LogP) is 4.18. The van der Waals surface area contributed by atoms with E-state index in [2.05, 4.69) is 16.9 Å². The average molecular weight is 556 g/mol. The first-order valence-corrected chi connectivity index (χ1v) is 13.3. The van der Waals surface area contributed by atoms with Gasteiger partial charge in [0.15, 0.2) is 12.4 Å². The van der Waals surface area contributed by atoms with Gasteiger partial charge in [0, 0.05) is 36.9 Å². The van der Waals surface area contributed by atoms with Crippen LogP contribution < -0.4 is 9.88 Å². The Morgan fingerprint density at radius 3 is 2.54 bits per heavy atom. The van der Waals surface area contributed by atoms with Crippen molar-refractivity contribution >= 4 is 40.9 Å². The van der Waals surface area contributed by atoms with Gasteiger partial charge >= 0.3 is 5.97 Å². The smallest absolute Gasteiger partial charge is 0.325 e. The second kappa shape index (κ2) is 18.7. The number of halogens is 2. The van der Waals surface area contributed by atoms with E-state index in [1.165, 1.54) is 11.3 Å². The summed E-state index contributed by atoms with van der Waals surface area (Å²) in [5, 5.41) is 3.59. The Morgan fingerprint density at radius 2 is 1.89 bits per heavy atom. The number of carbonyl (C=O) groups excluding carboxylic acids is 3. The van der Waals surface area contributed by atoms with E-state index in [-0.39, 0.29) is 18.4 Å². The minimum absolute atomic E-state index is 0.0532. The molecule has 2 aromatic rings. The second-order valence-corrected chi connectivity index (χ2v) is 8.60. The SMILES string of the molecule is CCOC(=O)CN(C)C(=O)c1ccc[n+](COCNC)c1.CCl.O=C1CCCCC1c1ccccc1Cl. The van der Waals surface area contributed by atoms with Gasteiger partial charge in [-0.3, -0.25) is 19.7 Å². The minimum atomic E-state index is -0.422. The van der Waals surface area contributed by atoms with Crippen LogP contribution in [0.4, 0.5) is 0 Å². The number of Topliss-reactive ketones (excluding diaryl/α,β-unsaturated/α-hetero) is 1. The van der Waals surface area contributed by atoms with E-state index in [0.717, 1.165) is 36.3 Å². The predicted molar refractivity (Wildman–Crippen MR) is 145 cm³/mol. The van der Waals surface area contributed by atoms with E-state index in [1.54, 1.807) is 50.1 Å². The summed E-state index contributed by atoms with van der Waals surface area (Å²) in [6.07, 6.45) is 8.82. The quantitative estimate of drug-likeness (QED) is 0.164. The molecule has 1 atom stereocenters. The monoisotopic (exact) mass is 554 g/mol. The Labute approximate surface area is 229 Å². The lowest BCUT2D eigenvalue weighted by molar-refractivity contribution is -0.733. The van der Waals surface area contributed by atoms with Crippen molar-refractivity contribution in [2.24, 2.45) is 0 Å². The molecular formula is C27H38Cl2N3O5+. The lowest BCUT2D eigenvalue weighted by Gasteiger charge is -2.21. The summed E-state index contributed by atoms with van der Waals surface area (Å²) in [5.74, 6) is -0.262. The van der Waals surface area contributed by atoms with Gasteiger partial charge in [0.05, 0.1) is 6.61 Å². The van der Waals surface area contributed by atoms with E-state index in [4.69, 9.17) is 21.1 Å². The summed E-state index contributed by atoms with van der Waals surface area (Å²) in [4.78, 5) is 36.6. The minimum Gasteiger partial charge on any atom is -0.465 e. The Bertz CT molecular complexity index is 990. The van der Waals surface area contributed by atoms with E-state index in [9.17, 15) is 14.4 Å². The van der Waals surface area contributed by atoms with Crippen LogP contribution in [-0.2, 0) is 25.8 Å². The molecule has 0 aliphatic heterocycles. The zero-order chi connectivity index (χ0) is 27.6. The van der Waals surface area contributed by atoms with Crippen LogP contribution in [-0.4, -0.2) is 62.9 Å². The molecule has 0 bridgehead atoms. The molecule has 10 heteroatoms. The highest BCUT2D eigenvalue weighted by molar-refractivity contribution is 6.31. The van der Waals surface area contributed by atoms with Crippen LogP contribution in [0.5, 0.6) is 0 Å². The largest absolute Gasteiger partial charge is 0.465 e. The molecule has 1 aromatic heterocycles. The highest BCUT2D eigenvalue weighted by Crippen LogP contribution is 2.33. The number of ether oxygens (including phenoxy) is 2.